The Kier molecular flexibility index (Phi) is 4.98. The number of ether oxygens (including phenoxy) is 1. The van der Waals surface area contributed by atoms with Gasteiger partial charge < -0.3 is 18.6 Å². The normalized spacial score (nSPS) is 11.8. The Labute approximate surface area is 99.2 Å². The molecule has 88 valence electrons. The van der Waals surface area contributed by atoms with E-state index in [1.165, 1.54) is 7.11 Å². The van der Waals surface area contributed by atoms with Crippen LogP contribution >= 0.6 is 18.9 Å². The smallest absolute Gasteiger partial charge is 0.203 e. The van der Waals surface area contributed by atoms with Gasteiger partial charge in [-0.3, -0.25) is 0 Å². The van der Waals surface area contributed by atoms with Crippen molar-refractivity contribution in [2.75, 3.05) is 7.11 Å². The predicted octanol–water partition coefficient (Wildman–Crippen LogP) is 2.34. The molecule has 0 aromatic heterocycles. The van der Waals surface area contributed by atoms with E-state index in [1.54, 1.807) is 19.1 Å². The summed E-state index contributed by atoms with van der Waals surface area (Å²) >= 11 is 0. The van der Waals surface area contributed by atoms with Crippen LogP contribution < -0.4 is 13.8 Å². The summed E-state index contributed by atoms with van der Waals surface area (Å²) in [6.45, 7) is 1.80. The quantitative estimate of drug-likeness (QED) is 0.602. The van der Waals surface area contributed by atoms with Gasteiger partial charge >= 0.3 is 0 Å². The molecule has 0 aliphatic carbocycles. The first kappa shape index (κ1) is 13.2. The lowest BCUT2D eigenvalue weighted by Gasteiger charge is -2.14. The minimum absolute atomic E-state index is 0.219. The molecule has 4 nitrogen and oxygen atoms in total. The molecule has 1 aromatic rings. The molecule has 0 fully saturated rings. The maximum atomic E-state index is 10.7. The molecule has 1 aromatic carbocycles. The van der Waals surface area contributed by atoms with Gasteiger partial charge in [0.2, 0.25) is 5.75 Å². The molecule has 0 aliphatic rings. The summed E-state index contributed by atoms with van der Waals surface area (Å²) < 4.78 is 15.4. The molecular formula is C10H14O4P2. The molecule has 0 saturated heterocycles. The topological polar surface area (TPSA) is 44.8 Å². The Morgan fingerprint density at radius 3 is 2.06 bits per heavy atom. The number of aldehydes is 1. The van der Waals surface area contributed by atoms with Crippen molar-refractivity contribution in [1.29, 1.82) is 0 Å². The van der Waals surface area contributed by atoms with E-state index in [-0.39, 0.29) is 5.92 Å². The lowest BCUT2D eigenvalue weighted by atomic mass is 10.0. The van der Waals surface area contributed by atoms with E-state index in [0.717, 1.165) is 11.8 Å². The number of carbonyl (C=O) groups is 1. The fraction of sp³-hybridized carbons (Fsp3) is 0.300. The summed E-state index contributed by atoms with van der Waals surface area (Å²) in [5.41, 5.74) is 0.811. The minimum Gasteiger partial charge on any atom is -0.490 e. The Bertz CT molecular complexity index is 356. The monoisotopic (exact) mass is 260 g/mol. The first-order valence-electron chi connectivity index (χ1n) is 4.58. The summed E-state index contributed by atoms with van der Waals surface area (Å²) in [5.74, 6) is 1.29. The van der Waals surface area contributed by atoms with Gasteiger partial charge in [0.15, 0.2) is 11.5 Å². The average molecular weight is 260 g/mol. The maximum Gasteiger partial charge on any atom is 0.203 e. The molecule has 0 bridgehead atoms. The van der Waals surface area contributed by atoms with Gasteiger partial charge in [-0.05, 0) is 17.7 Å². The van der Waals surface area contributed by atoms with E-state index in [1.807, 2.05) is 0 Å². The Hall–Kier alpha value is -0.850. The predicted molar refractivity (Wildman–Crippen MR) is 68.1 cm³/mol. The second-order valence-corrected chi connectivity index (χ2v) is 3.68. The highest BCUT2D eigenvalue weighted by molar-refractivity contribution is 7.10. The van der Waals surface area contributed by atoms with Crippen LogP contribution in [0.2, 0.25) is 0 Å². The maximum absolute atomic E-state index is 10.7. The lowest BCUT2D eigenvalue weighted by Crippen LogP contribution is -1.97. The van der Waals surface area contributed by atoms with Crippen LogP contribution in [0.4, 0.5) is 0 Å². The van der Waals surface area contributed by atoms with Crippen LogP contribution in [0.15, 0.2) is 12.1 Å². The van der Waals surface area contributed by atoms with Crippen molar-refractivity contribution >= 4 is 25.2 Å². The molecular weight excluding hydrogens is 246 g/mol. The van der Waals surface area contributed by atoms with Crippen LogP contribution in [0.25, 0.3) is 0 Å². The fourth-order valence-electron chi connectivity index (χ4n) is 1.31. The van der Waals surface area contributed by atoms with E-state index in [2.05, 4.69) is 18.9 Å². The molecule has 16 heavy (non-hydrogen) atoms. The molecule has 0 amide bonds. The molecule has 2 unspecified atom stereocenters. The summed E-state index contributed by atoms with van der Waals surface area (Å²) in [7, 11) is 5.81. The third-order valence-corrected chi connectivity index (χ3v) is 2.74. The number of hydrogen-bond donors (Lipinski definition) is 0. The van der Waals surface area contributed by atoms with Crippen molar-refractivity contribution in [3.05, 3.63) is 17.7 Å². The summed E-state index contributed by atoms with van der Waals surface area (Å²) in [4.78, 5) is 10.7. The van der Waals surface area contributed by atoms with Crippen molar-refractivity contribution in [3.8, 4) is 17.2 Å². The van der Waals surface area contributed by atoms with Crippen LogP contribution in [0.1, 0.15) is 18.4 Å². The Balaban J connectivity index is 3.30. The SMILES string of the molecule is COc1c(OP)cc([C@@H](C)C=O)cc1OP. The van der Waals surface area contributed by atoms with Crippen molar-refractivity contribution in [2.24, 2.45) is 0 Å². The van der Waals surface area contributed by atoms with E-state index >= 15 is 0 Å². The fourth-order valence-corrected chi connectivity index (χ4v) is 1.66. The van der Waals surface area contributed by atoms with Crippen LogP contribution in [0, 0.1) is 0 Å². The van der Waals surface area contributed by atoms with Gasteiger partial charge in [0, 0.05) is 5.92 Å². The summed E-state index contributed by atoms with van der Waals surface area (Å²) in [6.07, 6.45) is 0.862. The average Bonchev–Trinajstić information content (AvgIpc) is 2.35. The molecule has 1 rings (SSSR count). The number of carbonyl (C=O) groups excluding carboxylic acids is 1. The van der Waals surface area contributed by atoms with Gasteiger partial charge in [0.1, 0.15) is 6.29 Å². The van der Waals surface area contributed by atoms with Crippen molar-refractivity contribution < 1.29 is 18.6 Å². The molecule has 0 aliphatic heterocycles. The summed E-state index contributed by atoms with van der Waals surface area (Å²) in [5, 5.41) is 0. The second-order valence-electron chi connectivity index (χ2n) is 3.21. The van der Waals surface area contributed by atoms with E-state index < -0.39 is 0 Å². The van der Waals surface area contributed by atoms with Gasteiger partial charge in [0.25, 0.3) is 0 Å². The van der Waals surface area contributed by atoms with E-state index in [0.29, 0.717) is 17.2 Å². The van der Waals surface area contributed by atoms with Crippen molar-refractivity contribution in [1.82, 2.24) is 0 Å². The minimum atomic E-state index is -0.219. The standard InChI is InChI=1S/C10H14O4P2/c1-6(5-11)7-3-8(13-15)10(12-2)9(4-7)14-16/h3-6H,15-16H2,1-2H3/t6-/m0/s1. The van der Waals surface area contributed by atoms with Gasteiger partial charge in [-0.15, -0.1) is 0 Å². The van der Waals surface area contributed by atoms with Gasteiger partial charge in [-0.25, -0.2) is 0 Å². The number of hydrogen-bond acceptors (Lipinski definition) is 4. The molecule has 3 atom stereocenters. The molecule has 0 saturated carbocycles. The molecule has 0 heterocycles. The molecule has 0 radical (unpaired) electrons. The summed E-state index contributed by atoms with van der Waals surface area (Å²) in [6, 6.07) is 3.50. The Morgan fingerprint density at radius 1 is 1.25 bits per heavy atom. The Morgan fingerprint density at radius 2 is 1.75 bits per heavy atom. The van der Waals surface area contributed by atoms with Gasteiger partial charge in [-0.1, -0.05) is 6.92 Å². The number of rotatable bonds is 5. The van der Waals surface area contributed by atoms with Gasteiger partial charge in [-0.2, -0.15) is 0 Å². The van der Waals surface area contributed by atoms with Gasteiger partial charge in [0.05, 0.1) is 26.0 Å². The number of benzene rings is 1. The number of methoxy groups -OCH3 is 1. The first-order valence-corrected chi connectivity index (χ1v) is 5.52. The zero-order valence-corrected chi connectivity index (χ0v) is 11.4. The largest absolute Gasteiger partial charge is 0.490 e. The third kappa shape index (κ3) is 2.63. The van der Waals surface area contributed by atoms with E-state index in [9.17, 15) is 4.79 Å². The third-order valence-electron chi connectivity index (χ3n) is 2.23. The zero-order valence-electron chi connectivity index (χ0n) is 9.10. The van der Waals surface area contributed by atoms with Crippen LogP contribution in [-0.4, -0.2) is 13.4 Å². The van der Waals surface area contributed by atoms with E-state index in [4.69, 9.17) is 13.8 Å². The highest BCUT2D eigenvalue weighted by Crippen LogP contribution is 2.41. The van der Waals surface area contributed by atoms with Crippen LogP contribution in [0.5, 0.6) is 17.2 Å². The van der Waals surface area contributed by atoms with Crippen molar-refractivity contribution in [2.45, 2.75) is 12.8 Å². The molecule has 0 N–H and O–H groups in total. The molecule has 6 heteroatoms. The van der Waals surface area contributed by atoms with Crippen LogP contribution in [0.3, 0.4) is 0 Å². The second kappa shape index (κ2) is 6.03. The lowest BCUT2D eigenvalue weighted by molar-refractivity contribution is -0.108. The molecule has 0 spiro atoms. The van der Waals surface area contributed by atoms with Crippen LogP contribution in [-0.2, 0) is 4.79 Å². The first-order chi connectivity index (χ1) is 7.67. The highest BCUT2D eigenvalue weighted by Gasteiger charge is 2.15. The van der Waals surface area contributed by atoms with Crippen molar-refractivity contribution in [3.63, 3.8) is 0 Å². The zero-order chi connectivity index (χ0) is 12.1. The highest BCUT2D eigenvalue weighted by atomic mass is 31.0.